The normalized spacial score (nSPS) is 26.7. The first-order valence-electron chi connectivity index (χ1n) is 9.27. The van der Waals surface area contributed by atoms with Gasteiger partial charge >= 0.3 is 0 Å². The Balaban J connectivity index is 3.09. The van der Waals surface area contributed by atoms with Gasteiger partial charge in [-0.05, 0) is 49.4 Å². The molecule has 2 atom stereocenters. The molecule has 0 heterocycles. The van der Waals surface area contributed by atoms with Crippen LogP contribution in [-0.4, -0.2) is 24.7 Å². The third kappa shape index (κ3) is 4.63. The van der Waals surface area contributed by atoms with Crippen molar-refractivity contribution in [3.63, 3.8) is 0 Å². The van der Waals surface area contributed by atoms with E-state index in [0.29, 0.717) is 12.6 Å². The Hall–Kier alpha value is -1.28. The number of ether oxygens (including phenoxy) is 1. The Bertz CT molecular complexity index is 508. The van der Waals surface area contributed by atoms with E-state index in [2.05, 4.69) is 90.3 Å². The van der Waals surface area contributed by atoms with Crippen molar-refractivity contribution in [2.45, 2.75) is 54.9 Å². The van der Waals surface area contributed by atoms with Gasteiger partial charge in [0.25, 0.3) is 0 Å². The molecule has 0 radical (unpaired) electrons. The summed E-state index contributed by atoms with van der Waals surface area (Å²) in [5.41, 5.74) is 1.26. The van der Waals surface area contributed by atoms with E-state index in [1.165, 1.54) is 5.57 Å². The molecule has 136 valence electrons. The lowest BCUT2D eigenvalue weighted by atomic mass is 9.59. The molecular weight excluding hydrogens is 294 g/mol. The second-order valence-electron chi connectivity index (χ2n) is 7.64. The maximum absolute atomic E-state index is 6.13. The van der Waals surface area contributed by atoms with Crippen LogP contribution in [0.25, 0.3) is 0 Å². The lowest BCUT2D eigenvalue weighted by Gasteiger charge is -2.45. The molecule has 0 saturated carbocycles. The highest BCUT2D eigenvalue weighted by Gasteiger charge is 2.40. The molecule has 0 aliphatic heterocycles. The Morgan fingerprint density at radius 2 is 2.00 bits per heavy atom. The fraction of sp³-hybridized carbons (Fsp3) is 0.636. The first-order chi connectivity index (χ1) is 11.2. The fourth-order valence-electron chi connectivity index (χ4n) is 3.14. The molecule has 2 nitrogen and oxygen atoms in total. The highest BCUT2D eigenvalue weighted by molar-refractivity contribution is 5.32. The molecule has 2 heteroatoms. The van der Waals surface area contributed by atoms with E-state index in [9.17, 15) is 0 Å². The monoisotopic (exact) mass is 331 g/mol. The van der Waals surface area contributed by atoms with Crippen molar-refractivity contribution in [2.75, 3.05) is 19.8 Å². The van der Waals surface area contributed by atoms with Crippen LogP contribution < -0.4 is 0 Å². The topological polar surface area (TPSA) is 12.5 Å². The number of nitrogens with zero attached hydrogens (tertiary/aromatic N) is 1. The van der Waals surface area contributed by atoms with Crippen LogP contribution in [0.1, 0.15) is 54.9 Å². The Morgan fingerprint density at radius 3 is 2.54 bits per heavy atom. The highest BCUT2D eigenvalue weighted by Crippen LogP contribution is 2.48. The minimum atomic E-state index is -0.0389. The first kappa shape index (κ1) is 20.8. The second-order valence-corrected chi connectivity index (χ2v) is 7.64. The van der Waals surface area contributed by atoms with Gasteiger partial charge in [0.15, 0.2) is 0 Å². The molecule has 0 amide bonds. The van der Waals surface area contributed by atoms with Crippen molar-refractivity contribution in [1.82, 2.24) is 4.90 Å². The number of hydrogen-bond acceptors (Lipinski definition) is 2. The maximum Gasteiger partial charge on any atom is 0.142 e. The van der Waals surface area contributed by atoms with Crippen molar-refractivity contribution in [3.05, 3.63) is 48.3 Å². The van der Waals surface area contributed by atoms with Crippen LogP contribution in [0.2, 0.25) is 0 Å². The first-order valence-corrected chi connectivity index (χ1v) is 9.27. The maximum atomic E-state index is 6.13. The van der Waals surface area contributed by atoms with Crippen LogP contribution >= 0.6 is 0 Å². The minimum absolute atomic E-state index is 0.0389. The van der Waals surface area contributed by atoms with Gasteiger partial charge in [0.05, 0.1) is 0 Å². The summed E-state index contributed by atoms with van der Waals surface area (Å²) in [4.78, 5) is 2.28. The van der Waals surface area contributed by atoms with Crippen molar-refractivity contribution in [3.8, 4) is 0 Å². The van der Waals surface area contributed by atoms with Gasteiger partial charge in [0.1, 0.15) is 12.5 Å². The quantitative estimate of drug-likeness (QED) is 0.403. The molecule has 0 bridgehead atoms. The summed E-state index contributed by atoms with van der Waals surface area (Å²) in [7, 11) is 0. The number of hydrogen-bond donors (Lipinski definition) is 0. The molecular formula is C22H37NO. The van der Waals surface area contributed by atoms with Crippen LogP contribution in [0.15, 0.2) is 48.3 Å². The molecule has 0 aromatic carbocycles. The van der Waals surface area contributed by atoms with Gasteiger partial charge in [0.2, 0.25) is 0 Å². The average molecular weight is 332 g/mol. The molecule has 1 aliphatic carbocycles. The standard InChI is InChI=1S/C22H37NO/c1-9-19(5)21(6,7)22(8)15-13-12-14-20(18(4)16-22)24-17-23(10-2)11-3/h9,13-16,19H,1,10-12,17H2,2-8H3/b15-13-,18-16?,20-14+. The largest absolute Gasteiger partial charge is 0.478 e. The lowest BCUT2D eigenvalue weighted by molar-refractivity contribution is 0.0830. The van der Waals surface area contributed by atoms with E-state index >= 15 is 0 Å². The molecule has 0 saturated heterocycles. The van der Waals surface area contributed by atoms with E-state index in [1.54, 1.807) is 0 Å². The summed E-state index contributed by atoms with van der Waals surface area (Å²) in [6.45, 7) is 22.4. The molecule has 2 unspecified atom stereocenters. The summed E-state index contributed by atoms with van der Waals surface area (Å²) in [6.07, 6.45) is 12.2. The van der Waals surface area contributed by atoms with Crippen LogP contribution in [-0.2, 0) is 4.74 Å². The summed E-state index contributed by atoms with van der Waals surface area (Å²) >= 11 is 0. The summed E-state index contributed by atoms with van der Waals surface area (Å²) < 4.78 is 6.13. The number of rotatable bonds is 8. The SMILES string of the molecule is C=CC(C)C(C)(C)C1(C)C=C(C)/C(OCN(CC)CC)=C\C/C=C\1. The van der Waals surface area contributed by atoms with E-state index in [4.69, 9.17) is 4.74 Å². The van der Waals surface area contributed by atoms with Gasteiger partial charge in [0, 0.05) is 5.41 Å². The van der Waals surface area contributed by atoms with Crippen LogP contribution in [0.5, 0.6) is 0 Å². The molecule has 0 fully saturated rings. The predicted octanol–water partition coefficient (Wildman–Crippen LogP) is 5.95. The third-order valence-corrected chi connectivity index (χ3v) is 5.99. The van der Waals surface area contributed by atoms with E-state index in [-0.39, 0.29) is 10.8 Å². The Kier molecular flexibility index (Phi) is 7.54. The van der Waals surface area contributed by atoms with E-state index in [1.807, 2.05) is 0 Å². The smallest absolute Gasteiger partial charge is 0.142 e. The minimum Gasteiger partial charge on any atom is -0.478 e. The van der Waals surface area contributed by atoms with Crippen molar-refractivity contribution < 1.29 is 4.74 Å². The second kappa shape index (κ2) is 8.71. The third-order valence-electron chi connectivity index (χ3n) is 5.99. The Morgan fingerprint density at radius 1 is 1.38 bits per heavy atom. The predicted molar refractivity (Wildman–Crippen MR) is 106 cm³/mol. The average Bonchev–Trinajstić information content (AvgIpc) is 2.54. The zero-order valence-corrected chi connectivity index (χ0v) is 16.9. The van der Waals surface area contributed by atoms with E-state index < -0.39 is 0 Å². The molecule has 1 rings (SSSR count). The molecule has 0 N–H and O–H groups in total. The van der Waals surface area contributed by atoms with Gasteiger partial charge in [-0.1, -0.05) is 65.8 Å². The molecule has 0 aromatic heterocycles. The summed E-state index contributed by atoms with van der Waals surface area (Å²) in [5.74, 6) is 1.43. The molecule has 0 spiro atoms. The Labute approximate surface area is 150 Å². The van der Waals surface area contributed by atoms with Gasteiger partial charge in [-0.3, -0.25) is 4.90 Å². The molecule has 24 heavy (non-hydrogen) atoms. The zero-order valence-electron chi connectivity index (χ0n) is 16.9. The van der Waals surface area contributed by atoms with E-state index in [0.717, 1.165) is 25.3 Å². The summed E-state index contributed by atoms with van der Waals surface area (Å²) in [6, 6.07) is 0. The van der Waals surface area contributed by atoms with Gasteiger partial charge in [-0.2, -0.15) is 0 Å². The van der Waals surface area contributed by atoms with Gasteiger partial charge in [-0.25, -0.2) is 0 Å². The summed E-state index contributed by atoms with van der Waals surface area (Å²) in [5, 5.41) is 0. The number of allylic oxidation sites excluding steroid dienone is 6. The zero-order chi connectivity index (χ0) is 18.4. The van der Waals surface area contributed by atoms with Crippen LogP contribution in [0.3, 0.4) is 0 Å². The van der Waals surface area contributed by atoms with Gasteiger partial charge in [-0.15, -0.1) is 6.58 Å². The van der Waals surface area contributed by atoms with Crippen LogP contribution in [0.4, 0.5) is 0 Å². The fourth-order valence-corrected chi connectivity index (χ4v) is 3.14. The molecule has 0 aromatic rings. The lowest BCUT2D eigenvalue weighted by Crippen LogP contribution is -2.37. The van der Waals surface area contributed by atoms with Crippen molar-refractivity contribution in [1.29, 1.82) is 0 Å². The molecule has 1 aliphatic rings. The van der Waals surface area contributed by atoms with Gasteiger partial charge < -0.3 is 4.74 Å². The van der Waals surface area contributed by atoms with Crippen molar-refractivity contribution in [2.24, 2.45) is 16.7 Å². The van der Waals surface area contributed by atoms with Crippen LogP contribution in [0, 0.1) is 16.7 Å². The highest BCUT2D eigenvalue weighted by atomic mass is 16.5. The van der Waals surface area contributed by atoms with Crippen molar-refractivity contribution >= 4 is 0 Å².